The van der Waals surface area contributed by atoms with E-state index in [2.05, 4.69) is 32.4 Å². The monoisotopic (exact) mass is 862 g/mol. The maximum Gasteiger partial charge on any atom is 0.407 e. The Labute approximate surface area is 366 Å². The molecular weight excluding hydrogens is 805 g/mol. The van der Waals surface area contributed by atoms with Gasteiger partial charge < -0.3 is 35.2 Å². The molecule has 3 aromatic heterocycles. The summed E-state index contributed by atoms with van der Waals surface area (Å²) < 4.78 is 10.8. The summed E-state index contributed by atoms with van der Waals surface area (Å²) in [7, 11) is 0. The van der Waals surface area contributed by atoms with E-state index in [4.69, 9.17) is 19.4 Å². The summed E-state index contributed by atoms with van der Waals surface area (Å²) in [5, 5.41) is 15.1. The molecule has 63 heavy (non-hydrogen) atoms. The summed E-state index contributed by atoms with van der Waals surface area (Å²) in [5.74, 6) is -2.87. The van der Waals surface area contributed by atoms with Crippen molar-refractivity contribution in [3.8, 4) is 0 Å². The second kappa shape index (κ2) is 18.3. The van der Waals surface area contributed by atoms with Crippen LogP contribution in [0.15, 0.2) is 24.3 Å². The zero-order valence-corrected chi connectivity index (χ0v) is 37.4. The fourth-order valence-electron chi connectivity index (χ4n) is 8.84. The number of carbonyl (C=O) groups is 5. The van der Waals surface area contributed by atoms with Crippen LogP contribution in [0.1, 0.15) is 133 Å². The molecule has 5 N–H and O–H groups in total. The number of aryl methyl sites for hydroxylation is 2. The number of carbonyl (C=O) groups excluding carboxylic acids is 4. The van der Waals surface area contributed by atoms with E-state index in [1.165, 1.54) is 4.90 Å². The SMILES string of the molecule is CCC1=C(C)c2cc3[nH]c(cc4nc(c5c6[nH]c(cc1n2)c(C)c6C(=O)N(CCN1CCOCC1)C5=O)[C@@H](CCC(=O)NCCNC(=O)OC(C)(C)C)[C@@H]4C)c(C)c3/C=C/C(=O)O. The van der Waals surface area contributed by atoms with Crippen LogP contribution >= 0.6 is 0 Å². The average molecular weight is 863 g/mol. The number of allylic oxidation sites excluding steroid dienone is 2. The average Bonchev–Trinajstić information content (AvgIpc) is 3.90. The molecule has 2 atom stereocenters. The number of amides is 4. The van der Waals surface area contributed by atoms with Crippen molar-refractivity contribution in [1.82, 2.24) is 40.4 Å². The molecule has 3 aromatic rings. The van der Waals surface area contributed by atoms with E-state index < -0.39 is 29.5 Å². The van der Waals surface area contributed by atoms with Crippen molar-refractivity contribution >= 4 is 69.1 Å². The first-order valence-corrected chi connectivity index (χ1v) is 21.7. The zero-order chi connectivity index (χ0) is 45.3. The molecule has 4 aliphatic heterocycles. The Morgan fingerprint density at radius 1 is 0.921 bits per heavy atom. The lowest BCUT2D eigenvalue weighted by atomic mass is 9.84. The molecule has 16 heteroatoms. The maximum atomic E-state index is 15.0. The summed E-state index contributed by atoms with van der Waals surface area (Å²) in [6.45, 7) is 18.7. The van der Waals surface area contributed by atoms with Crippen molar-refractivity contribution in [1.29, 1.82) is 0 Å². The van der Waals surface area contributed by atoms with E-state index >= 15 is 4.79 Å². The number of aromatic nitrogens is 4. The molecule has 4 amide bonds. The predicted molar refractivity (Wildman–Crippen MR) is 240 cm³/mol. The number of fused-ring (bicyclic) bond motifs is 8. The van der Waals surface area contributed by atoms with Gasteiger partial charge in [0.1, 0.15) is 5.60 Å². The molecule has 334 valence electrons. The highest BCUT2D eigenvalue weighted by molar-refractivity contribution is 6.23. The molecule has 1 saturated heterocycles. The van der Waals surface area contributed by atoms with Crippen LogP contribution in [0, 0.1) is 13.8 Å². The minimum absolute atomic E-state index is 0.0964. The Balaban J connectivity index is 1.39. The highest BCUT2D eigenvalue weighted by atomic mass is 16.6. The molecule has 0 spiro atoms. The number of aliphatic carboxylic acids is 1. The number of hydrogen-bond acceptors (Lipinski definition) is 10. The minimum Gasteiger partial charge on any atom is -0.478 e. The minimum atomic E-state index is -1.08. The number of alkyl carbamates (subject to hydrolysis) is 1. The van der Waals surface area contributed by atoms with Crippen molar-refractivity contribution in [2.24, 2.45) is 0 Å². The second-order valence-electron chi connectivity index (χ2n) is 17.6. The molecule has 8 bridgehead atoms. The molecule has 7 heterocycles. The number of hydrogen-bond donors (Lipinski definition) is 5. The first-order chi connectivity index (χ1) is 29.9. The molecule has 0 saturated carbocycles. The van der Waals surface area contributed by atoms with Crippen LogP contribution < -0.4 is 10.6 Å². The van der Waals surface area contributed by atoms with Crippen molar-refractivity contribution in [2.45, 2.75) is 92.1 Å². The van der Waals surface area contributed by atoms with Gasteiger partial charge in [-0.15, -0.1) is 0 Å². The molecular formula is C47H58N8O8. The van der Waals surface area contributed by atoms with E-state index in [1.54, 1.807) is 26.8 Å². The molecule has 0 radical (unpaired) electrons. The van der Waals surface area contributed by atoms with Gasteiger partial charge in [-0.05, 0) is 101 Å². The van der Waals surface area contributed by atoms with Gasteiger partial charge in [-0.2, -0.15) is 0 Å². The number of imide groups is 1. The third-order valence-corrected chi connectivity index (χ3v) is 12.3. The Morgan fingerprint density at radius 2 is 1.60 bits per heavy atom. The number of H-pyrrole nitrogens is 2. The third-order valence-electron chi connectivity index (χ3n) is 12.3. The van der Waals surface area contributed by atoms with Crippen molar-refractivity contribution in [2.75, 3.05) is 52.5 Å². The smallest absolute Gasteiger partial charge is 0.407 e. The third kappa shape index (κ3) is 9.47. The van der Waals surface area contributed by atoms with Gasteiger partial charge in [-0.3, -0.25) is 29.2 Å². The summed E-state index contributed by atoms with van der Waals surface area (Å²) >= 11 is 0. The normalized spacial score (nSPS) is 18.1. The van der Waals surface area contributed by atoms with Crippen LogP contribution in [-0.4, -0.2) is 123 Å². The lowest BCUT2D eigenvalue weighted by Crippen LogP contribution is -2.47. The number of carboxylic acids is 1. The van der Waals surface area contributed by atoms with Crippen molar-refractivity contribution in [3.63, 3.8) is 0 Å². The van der Waals surface area contributed by atoms with Crippen molar-refractivity contribution < 1.29 is 38.6 Å². The Morgan fingerprint density at radius 3 is 2.30 bits per heavy atom. The molecule has 1 fully saturated rings. The molecule has 0 unspecified atom stereocenters. The lowest BCUT2D eigenvalue weighted by Gasteiger charge is -2.31. The topological polar surface area (TPSA) is 212 Å². The number of morpholine rings is 1. The number of nitrogens with one attached hydrogen (secondary N) is 4. The molecule has 16 nitrogen and oxygen atoms in total. The van der Waals surface area contributed by atoms with Crippen LogP contribution in [0.4, 0.5) is 4.79 Å². The van der Waals surface area contributed by atoms with Gasteiger partial charge in [0.05, 0.1) is 46.9 Å². The van der Waals surface area contributed by atoms with Crippen LogP contribution in [0.3, 0.4) is 0 Å². The number of aromatic amines is 2. The predicted octanol–water partition coefficient (Wildman–Crippen LogP) is 6.61. The largest absolute Gasteiger partial charge is 0.478 e. The highest BCUT2D eigenvalue weighted by Gasteiger charge is 2.41. The molecule has 0 aliphatic carbocycles. The van der Waals surface area contributed by atoms with E-state index in [9.17, 15) is 24.3 Å². The fraction of sp³-hybridized carbons (Fsp3) is 0.468. The Hall–Kier alpha value is -6.13. The summed E-state index contributed by atoms with van der Waals surface area (Å²) in [6, 6.07) is 5.78. The fourth-order valence-corrected chi connectivity index (χ4v) is 8.84. The van der Waals surface area contributed by atoms with E-state index in [1.807, 2.05) is 45.9 Å². The van der Waals surface area contributed by atoms with Gasteiger partial charge in [-0.1, -0.05) is 13.8 Å². The zero-order valence-electron chi connectivity index (χ0n) is 37.4. The van der Waals surface area contributed by atoms with Crippen LogP contribution in [-0.2, 0) is 19.1 Å². The number of rotatable bonds is 12. The molecule has 0 aromatic carbocycles. The van der Waals surface area contributed by atoms with Gasteiger partial charge in [-0.25, -0.2) is 14.6 Å². The van der Waals surface area contributed by atoms with E-state index in [0.717, 1.165) is 22.8 Å². The first-order valence-electron chi connectivity index (χ1n) is 21.7. The van der Waals surface area contributed by atoms with Crippen LogP contribution in [0.5, 0.6) is 0 Å². The van der Waals surface area contributed by atoms with Gasteiger partial charge in [0, 0.05) is 91.4 Å². The molecule has 4 aliphatic rings. The summed E-state index contributed by atoms with van der Waals surface area (Å²) in [6.07, 6.45) is 3.21. The standard InChI is InChI=1S/C47H58N8O8/c1-9-29-25(2)33-23-37-30(11-13-39(57)58)26(3)32(51-37)22-34-27(4)31(10-12-38(56)48-14-15-49-46(61)63-47(6,7)8)42(52-34)41-43-40(28(5)35(53-43)24-36(29)50-33)44(59)55(45(41)60)17-16-54-18-20-62-21-19-54/h11,13,22-24,27,31,51,53H,9-10,12,14-21H2,1-8H3,(H,48,56)(H,49,61)(H,57,58)/b13-11+,32-22?,33-23?,34-22?,35-24?,36-24?,37-23?,42-41?/t27-,31-/m0/s1. The van der Waals surface area contributed by atoms with E-state index in [0.29, 0.717) is 107 Å². The van der Waals surface area contributed by atoms with Crippen LogP contribution in [0.2, 0.25) is 0 Å². The Kier molecular flexibility index (Phi) is 13.0. The number of ether oxygens (including phenoxy) is 2. The van der Waals surface area contributed by atoms with E-state index in [-0.39, 0.29) is 49.4 Å². The molecule has 7 rings (SSSR count). The quantitative estimate of drug-likeness (QED) is 0.0743. The van der Waals surface area contributed by atoms with Gasteiger partial charge in [0.2, 0.25) is 5.91 Å². The second-order valence-corrected chi connectivity index (χ2v) is 17.6. The van der Waals surface area contributed by atoms with Gasteiger partial charge in [0.25, 0.3) is 11.8 Å². The Bertz CT molecular complexity index is 2590. The summed E-state index contributed by atoms with van der Waals surface area (Å²) in [4.78, 5) is 87.8. The van der Waals surface area contributed by atoms with Crippen molar-refractivity contribution in [3.05, 3.63) is 74.9 Å². The maximum absolute atomic E-state index is 15.0. The number of carboxylic acid groups (broad SMARTS) is 1. The highest BCUT2D eigenvalue weighted by Crippen LogP contribution is 2.44. The van der Waals surface area contributed by atoms with Gasteiger partial charge in [0.15, 0.2) is 0 Å². The van der Waals surface area contributed by atoms with Crippen LogP contribution in [0.25, 0.3) is 39.3 Å². The van der Waals surface area contributed by atoms with Gasteiger partial charge >= 0.3 is 12.1 Å². The summed E-state index contributed by atoms with van der Waals surface area (Å²) in [5.41, 5.74) is 9.14. The lowest BCUT2D eigenvalue weighted by molar-refractivity contribution is -0.131. The number of nitrogens with zero attached hydrogens (tertiary/aromatic N) is 4. The first kappa shape index (κ1) is 44.9.